The summed E-state index contributed by atoms with van der Waals surface area (Å²) >= 11 is 0. The monoisotopic (exact) mass is 891 g/mol. The van der Waals surface area contributed by atoms with Crippen LogP contribution in [0.25, 0.3) is 5.57 Å². The Balaban J connectivity index is 0.000000255. The van der Waals surface area contributed by atoms with Crippen molar-refractivity contribution < 1.29 is 38.9 Å². The topological polar surface area (TPSA) is 192 Å². The summed E-state index contributed by atoms with van der Waals surface area (Å²) in [4.78, 5) is 64.8. The summed E-state index contributed by atoms with van der Waals surface area (Å²) in [5.41, 5.74) is 8.98. The first kappa shape index (κ1) is 48.4. The average molecular weight is 892 g/mol. The number of rotatable bonds is 9. The SMILES string of the molecule is CCCN(CCOCC(C)=O)c1ccc(C2=C([O-])C(C)C2[O-])cc1.Cc1cc2cc(c1)C(=O)NCc1ccc(cc1)CNC(=O)c1cc(C)cc(c1)C(=O)NCc1ccc(cc1)CNC2=O. The predicted molar refractivity (Wildman–Crippen MR) is 250 cm³/mol. The summed E-state index contributed by atoms with van der Waals surface area (Å²) in [6.45, 7) is 12.4. The third kappa shape index (κ3) is 13.0. The molecule has 4 N–H and O–H groups in total. The number of carbonyl (C=O) groups is 5. The van der Waals surface area contributed by atoms with Crippen LogP contribution < -0.4 is 36.4 Å². The van der Waals surface area contributed by atoms with Gasteiger partial charge < -0.3 is 41.1 Å². The van der Waals surface area contributed by atoms with Crippen molar-refractivity contribution in [1.82, 2.24) is 21.3 Å². The molecule has 4 heterocycles. The molecular formula is C53H57N5O8-2. The quantitative estimate of drug-likeness (QED) is 0.142. The average Bonchev–Trinajstić information content (AvgIpc) is 3.32. The largest absolute Gasteiger partial charge is 0.875 e. The molecule has 10 rings (SSSR count). The number of nitrogens with one attached hydrogen (secondary N) is 4. The molecule has 13 heteroatoms. The highest BCUT2D eigenvalue weighted by Crippen LogP contribution is 2.37. The van der Waals surface area contributed by atoms with Gasteiger partial charge in [0.05, 0.1) is 6.61 Å². The first-order chi connectivity index (χ1) is 31.7. The molecule has 66 heavy (non-hydrogen) atoms. The van der Waals surface area contributed by atoms with Crippen LogP contribution in [-0.2, 0) is 35.7 Å². The van der Waals surface area contributed by atoms with Crippen LogP contribution in [0.4, 0.5) is 5.69 Å². The molecule has 2 atom stereocenters. The fraction of sp³-hybridized carbons (Fsp3) is 0.302. The lowest BCUT2D eigenvalue weighted by Crippen LogP contribution is -2.47. The van der Waals surface area contributed by atoms with Crippen LogP contribution >= 0.6 is 0 Å². The number of hydrogen-bond acceptors (Lipinski definition) is 9. The van der Waals surface area contributed by atoms with Gasteiger partial charge in [-0.25, -0.2) is 0 Å². The van der Waals surface area contributed by atoms with E-state index in [2.05, 4.69) is 33.1 Å². The number of aryl methyl sites for hydroxylation is 2. The van der Waals surface area contributed by atoms with Crippen LogP contribution in [-0.4, -0.2) is 61.8 Å². The van der Waals surface area contributed by atoms with Crippen LogP contribution in [0.3, 0.4) is 0 Å². The summed E-state index contributed by atoms with van der Waals surface area (Å²) in [5.74, 6) is -1.52. The van der Waals surface area contributed by atoms with Crippen LogP contribution in [0, 0.1) is 19.8 Å². The van der Waals surface area contributed by atoms with Crippen molar-refractivity contribution in [3.05, 3.63) is 176 Å². The number of nitrogens with zero attached hydrogens (tertiary/aromatic N) is 1. The minimum absolute atomic E-state index is 0.0185. The maximum atomic E-state index is 12.9. The Labute approximate surface area is 386 Å². The molecule has 0 spiro atoms. The highest BCUT2D eigenvalue weighted by atomic mass is 16.5. The van der Waals surface area contributed by atoms with E-state index in [9.17, 15) is 34.2 Å². The molecule has 2 unspecified atom stereocenters. The first-order valence-electron chi connectivity index (χ1n) is 22.2. The third-order valence-electron chi connectivity index (χ3n) is 11.3. The van der Waals surface area contributed by atoms with Crippen molar-refractivity contribution in [2.45, 2.75) is 73.3 Å². The van der Waals surface area contributed by atoms with Crippen LogP contribution in [0.2, 0.25) is 0 Å². The van der Waals surface area contributed by atoms with E-state index in [-0.39, 0.29) is 41.8 Å². The van der Waals surface area contributed by atoms with Gasteiger partial charge in [-0.1, -0.05) is 86.2 Å². The smallest absolute Gasteiger partial charge is 0.251 e. The van der Waals surface area contributed by atoms with Crippen molar-refractivity contribution in [2.24, 2.45) is 5.92 Å². The maximum Gasteiger partial charge on any atom is 0.251 e. The van der Waals surface area contributed by atoms with E-state index in [4.69, 9.17) is 4.74 Å². The highest BCUT2D eigenvalue weighted by molar-refractivity contribution is 6.01. The standard InChI is InChI=1S/C34H32N4O4.C19H26NO4/c1-21-11-27-15-28(12-21)32(40)36-18-24-5-9-26(10-6-24)20-38-34(42)30-14-22(2)13-29(16-30)33(41)37-19-25-7-3-23(4-8-25)17-35-31(27)39;1-4-9-20(10-11-24-12-13(2)21)16-7-5-15(6-8-16)17-18(22)14(3)19(17)23/h3-16H,17-20H2,1-2H3,(H,35,39)(H,36,40)(H,37,41)(H,38,42);5-8,14,18,23H,4,9-12H2,1-3H3/q;-1/p-1. The number of benzene rings is 5. The van der Waals surface area contributed by atoms with Gasteiger partial charge in [-0.2, -0.15) is 0 Å². The van der Waals surface area contributed by atoms with E-state index in [0.29, 0.717) is 67.2 Å². The Morgan fingerprint density at radius 1 is 0.606 bits per heavy atom. The number of hydrogen-bond donors (Lipinski definition) is 4. The minimum atomic E-state index is -0.907. The molecule has 8 bridgehead atoms. The van der Waals surface area contributed by atoms with Gasteiger partial charge in [0.2, 0.25) is 0 Å². The van der Waals surface area contributed by atoms with Gasteiger partial charge >= 0.3 is 0 Å². The third-order valence-corrected chi connectivity index (χ3v) is 11.3. The molecule has 0 saturated carbocycles. The van der Waals surface area contributed by atoms with Crippen molar-refractivity contribution in [2.75, 3.05) is 31.2 Å². The summed E-state index contributed by atoms with van der Waals surface area (Å²) in [6, 6.07) is 32.9. The Morgan fingerprint density at radius 3 is 1.32 bits per heavy atom. The Morgan fingerprint density at radius 2 is 0.985 bits per heavy atom. The number of Topliss-reactive ketones (excluding diaryl/α,β-unsaturated/α-hetero) is 1. The van der Waals surface area contributed by atoms with Crippen molar-refractivity contribution in [3.63, 3.8) is 0 Å². The van der Waals surface area contributed by atoms with E-state index in [1.807, 2.05) is 86.6 Å². The Hall–Kier alpha value is -7.09. The van der Waals surface area contributed by atoms with Crippen LogP contribution in [0.5, 0.6) is 0 Å². The molecule has 0 aromatic heterocycles. The first-order valence-corrected chi connectivity index (χ1v) is 22.2. The lowest BCUT2D eigenvalue weighted by Gasteiger charge is -2.49. The minimum Gasteiger partial charge on any atom is -0.875 e. The molecular weight excluding hydrogens is 835 g/mol. The van der Waals surface area contributed by atoms with E-state index >= 15 is 0 Å². The molecule has 5 aromatic rings. The lowest BCUT2D eigenvalue weighted by atomic mass is 9.78. The van der Waals surface area contributed by atoms with Gasteiger partial charge in [0.1, 0.15) is 6.61 Å². The van der Waals surface area contributed by atoms with Crippen molar-refractivity contribution >= 4 is 40.7 Å². The molecule has 0 fully saturated rings. The molecule has 1 aliphatic carbocycles. The zero-order chi connectivity index (χ0) is 47.3. The number of carbonyl (C=O) groups excluding carboxylic acids is 5. The van der Waals surface area contributed by atoms with Gasteiger partial charge in [-0.15, -0.1) is 5.76 Å². The van der Waals surface area contributed by atoms with Crippen LogP contribution in [0.15, 0.2) is 115 Å². The number of amides is 4. The highest BCUT2D eigenvalue weighted by Gasteiger charge is 2.24. The zero-order valence-electron chi connectivity index (χ0n) is 38.1. The molecule has 0 radical (unpaired) electrons. The second kappa shape index (κ2) is 22.7. The van der Waals surface area contributed by atoms with Crippen molar-refractivity contribution in [1.29, 1.82) is 0 Å². The molecule has 5 aliphatic rings. The van der Waals surface area contributed by atoms with E-state index in [0.717, 1.165) is 57.6 Å². The Kier molecular flexibility index (Phi) is 16.6. The number of ketones is 1. The normalized spacial score (nSPS) is 16.5. The van der Waals surface area contributed by atoms with E-state index < -0.39 is 12.0 Å². The lowest BCUT2D eigenvalue weighted by molar-refractivity contribution is -0.437. The maximum absolute atomic E-state index is 12.9. The summed E-state index contributed by atoms with van der Waals surface area (Å²) in [5, 5.41) is 35.4. The zero-order valence-corrected chi connectivity index (χ0v) is 38.1. The van der Waals surface area contributed by atoms with Gasteiger partial charge in [0, 0.05) is 67.2 Å². The summed E-state index contributed by atoms with van der Waals surface area (Å²) < 4.78 is 5.34. The molecule has 4 aliphatic heterocycles. The summed E-state index contributed by atoms with van der Waals surface area (Å²) in [7, 11) is 0. The van der Waals surface area contributed by atoms with Gasteiger partial charge in [0.25, 0.3) is 23.6 Å². The molecule has 5 aromatic carbocycles. The van der Waals surface area contributed by atoms with Crippen LogP contribution in [0.1, 0.15) is 108 Å². The Bertz CT molecular complexity index is 2330. The predicted octanol–water partition coefficient (Wildman–Crippen LogP) is 5.30. The molecule has 0 saturated heterocycles. The second-order valence-electron chi connectivity index (χ2n) is 16.8. The van der Waals surface area contributed by atoms with E-state index in [1.54, 1.807) is 43.3 Å². The number of ether oxygens (including phenoxy) is 1. The summed E-state index contributed by atoms with van der Waals surface area (Å²) in [6.07, 6.45) is 0.0832. The van der Waals surface area contributed by atoms with Gasteiger partial charge in [0.15, 0.2) is 5.78 Å². The van der Waals surface area contributed by atoms with E-state index in [1.165, 1.54) is 6.92 Å². The van der Waals surface area contributed by atoms with Gasteiger partial charge in [-0.05, 0) is 121 Å². The second-order valence-corrected chi connectivity index (χ2v) is 16.8. The van der Waals surface area contributed by atoms with Crippen molar-refractivity contribution in [3.8, 4) is 0 Å². The fourth-order valence-corrected chi connectivity index (χ4v) is 7.64. The molecule has 344 valence electrons. The molecule has 13 nitrogen and oxygen atoms in total. The number of anilines is 1. The fourth-order valence-electron chi connectivity index (χ4n) is 7.64. The van der Waals surface area contributed by atoms with Gasteiger partial charge in [-0.3, -0.25) is 24.0 Å². The molecule has 4 amide bonds.